The molecule has 1 aliphatic rings. The lowest BCUT2D eigenvalue weighted by Crippen LogP contribution is -2.21. The number of aliphatic hydroxyl groups is 1. The van der Waals surface area contributed by atoms with E-state index in [1.54, 1.807) is 11.8 Å². The molecule has 1 aliphatic heterocycles. The Labute approximate surface area is 149 Å². The number of aromatic nitrogens is 4. The third kappa shape index (κ3) is 3.46. The first-order valence-electron chi connectivity index (χ1n) is 8.22. The average molecular weight is 356 g/mol. The van der Waals surface area contributed by atoms with Crippen molar-refractivity contribution in [3.8, 4) is 0 Å². The van der Waals surface area contributed by atoms with E-state index in [9.17, 15) is 5.11 Å². The van der Waals surface area contributed by atoms with E-state index >= 15 is 0 Å². The lowest BCUT2D eigenvalue weighted by atomic mass is 10.1. The zero-order valence-corrected chi connectivity index (χ0v) is 14.5. The van der Waals surface area contributed by atoms with Gasteiger partial charge in [-0.2, -0.15) is 5.10 Å². The molecule has 3 aromatic rings. The van der Waals surface area contributed by atoms with Gasteiger partial charge in [0.1, 0.15) is 11.8 Å². The standard InChI is InChI=1S/C17H20N6OS/c18-17-16-15(19-10-20-17)13(21-22-16)7-23-6-11(14(24)8-23)9-25-12-4-2-1-3-5-12/h1-5,10-11,14,24H,6-9H2,(H,21,22)(H2,18,19,20)/t11-,14+/m0/s1. The summed E-state index contributed by atoms with van der Waals surface area (Å²) >= 11 is 1.79. The van der Waals surface area contributed by atoms with Crippen molar-refractivity contribution in [1.82, 2.24) is 25.1 Å². The summed E-state index contributed by atoms with van der Waals surface area (Å²) in [6.07, 6.45) is 1.14. The number of anilines is 1. The maximum atomic E-state index is 10.4. The Balaban J connectivity index is 1.40. The summed E-state index contributed by atoms with van der Waals surface area (Å²) in [4.78, 5) is 11.7. The smallest absolute Gasteiger partial charge is 0.155 e. The number of aliphatic hydroxyl groups excluding tert-OH is 1. The molecule has 3 heterocycles. The van der Waals surface area contributed by atoms with Gasteiger partial charge in [-0.15, -0.1) is 11.8 Å². The van der Waals surface area contributed by atoms with E-state index < -0.39 is 0 Å². The van der Waals surface area contributed by atoms with Crippen molar-refractivity contribution < 1.29 is 5.11 Å². The molecule has 1 saturated heterocycles. The number of nitrogens with two attached hydrogens (primary N) is 1. The molecule has 1 fully saturated rings. The molecule has 8 heteroatoms. The molecule has 1 aromatic carbocycles. The molecule has 0 bridgehead atoms. The number of hydrogen-bond donors (Lipinski definition) is 3. The fourth-order valence-electron chi connectivity index (χ4n) is 3.19. The monoisotopic (exact) mass is 356 g/mol. The number of thioether (sulfide) groups is 1. The maximum Gasteiger partial charge on any atom is 0.155 e. The van der Waals surface area contributed by atoms with Crippen LogP contribution in [0.15, 0.2) is 41.6 Å². The van der Waals surface area contributed by atoms with Crippen LogP contribution in [0.1, 0.15) is 5.69 Å². The van der Waals surface area contributed by atoms with Crippen LogP contribution in [0, 0.1) is 5.92 Å². The average Bonchev–Trinajstić information content (AvgIpc) is 3.19. The number of hydrogen-bond acceptors (Lipinski definition) is 7. The first kappa shape index (κ1) is 16.3. The molecule has 0 spiro atoms. The number of rotatable bonds is 5. The van der Waals surface area contributed by atoms with Crippen molar-refractivity contribution in [3.05, 3.63) is 42.4 Å². The normalized spacial score (nSPS) is 21.2. The van der Waals surface area contributed by atoms with E-state index in [0.29, 0.717) is 24.4 Å². The second-order valence-corrected chi connectivity index (χ2v) is 7.40. The maximum absolute atomic E-state index is 10.4. The second kappa shape index (κ2) is 6.99. The number of benzene rings is 1. The molecule has 0 amide bonds. The number of nitrogen functional groups attached to an aromatic ring is 1. The minimum Gasteiger partial charge on any atom is -0.391 e. The predicted molar refractivity (Wildman–Crippen MR) is 98.0 cm³/mol. The minimum absolute atomic E-state index is 0.249. The molecular formula is C17H20N6OS. The highest BCUT2D eigenvalue weighted by molar-refractivity contribution is 7.99. The van der Waals surface area contributed by atoms with Crippen LogP contribution in [0.4, 0.5) is 5.82 Å². The molecule has 0 unspecified atom stereocenters. The molecule has 4 N–H and O–H groups in total. The molecule has 2 aromatic heterocycles. The third-order valence-electron chi connectivity index (χ3n) is 4.51. The van der Waals surface area contributed by atoms with Crippen molar-refractivity contribution >= 4 is 28.6 Å². The van der Waals surface area contributed by atoms with Crippen LogP contribution in [-0.4, -0.2) is 55.1 Å². The third-order valence-corrected chi connectivity index (χ3v) is 5.71. The number of nitrogens with one attached hydrogen (secondary N) is 1. The molecule has 0 saturated carbocycles. The van der Waals surface area contributed by atoms with E-state index in [2.05, 4.69) is 37.2 Å². The largest absolute Gasteiger partial charge is 0.391 e. The van der Waals surface area contributed by atoms with Crippen LogP contribution < -0.4 is 5.73 Å². The fourth-order valence-corrected chi connectivity index (χ4v) is 4.27. The SMILES string of the molecule is Nc1ncnc2c(CN3C[C@@H](CSc4ccccc4)[C@H](O)C3)[nH]nc12. The van der Waals surface area contributed by atoms with Gasteiger partial charge in [-0.1, -0.05) is 18.2 Å². The first-order valence-corrected chi connectivity index (χ1v) is 9.21. The topological polar surface area (TPSA) is 104 Å². The Hall–Kier alpha value is -2.16. The van der Waals surface area contributed by atoms with E-state index in [-0.39, 0.29) is 12.0 Å². The van der Waals surface area contributed by atoms with Crippen LogP contribution in [0.3, 0.4) is 0 Å². The van der Waals surface area contributed by atoms with Crippen LogP contribution in [0.2, 0.25) is 0 Å². The van der Waals surface area contributed by atoms with Crippen LogP contribution in [-0.2, 0) is 6.54 Å². The highest BCUT2D eigenvalue weighted by atomic mass is 32.2. The van der Waals surface area contributed by atoms with Crippen LogP contribution >= 0.6 is 11.8 Å². The highest BCUT2D eigenvalue weighted by Gasteiger charge is 2.31. The van der Waals surface area contributed by atoms with Gasteiger partial charge < -0.3 is 10.8 Å². The Morgan fingerprint density at radius 2 is 2.04 bits per heavy atom. The molecule has 130 valence electrons. The minimum atomic E-state index is -0.315. The lowest BCUT2D eigenvalue weighted by Gasteiger charge is -2.14. The summed E-state index contributed by atoms with van der Waals surface area (Å²) in [6, 6.07) is 10.3. The van der Waals surface area contributed by atoms with Gasteiger partial charge in [0.15, 0.2) is 11.3 Å². The number of fused-ring (bicyclic) bond motifs is 1. The highest BCUT2D eigenvalue weighted by Crippen LogP contribution is 2.27. The van der Waals surface area contributed by atoms with Crippen molar-refractivity contribution in [2.75, 3.05) is 24.6 Å². The van der Waals surface area contributed by atoms with Gasteiger partial charge in [0.25, 0.3) is 0 Å². The first-order chi connectivity index (χ1) is 12.2. The van der Waals surface area contributed by atoms with Crippen molar-refractivity contribution in [1.29, 1.82) is 0 Å². The summed E-state index contributed by atoms with van der Waals surface area (Å²) in [7, 11) is 0. The fraction of sp³-hybridized carbons (Fsp3) is 0.353. The number of β-amino-alcohol motifs (C(OH)–C–C–N with tert-alkyl or cyclic N) is 1. The number of likely N-dealkylation sites (tertiary alicyclic amines) is 1. The summed E-state index contributed by atoms with van der Waals surface area (Å²) in [5, 5.41) is 17.6. The van der Waals surface area contributed by atoms with Crippen molar-refractivity contribution in [2.45, 2.75) is 17.5 Å². The van der Waals surface area contributed by atoms with Gasteiger partial charge in [0.05, 0.1) is 11.8 Å². The summed E-state index contributed by atoms with van der Waals surface area (Å²) in [6.45, 7) is 2.17. The van der Waals surface area contributed by atoms with Crippen LogP contribution in [0.5, 0.6) is 0 Å². The van der Waals surface area contributed by atoms with E-state index in [0.717, 1.165) is 23.5 Å². The number of nitrogens with zero attached hydrogens (tertiary/aromatic N) is 4. The molecule has 0 radical (unpaired) electrons. The second-order valence-electron chi connectivity index (χ2n) is 6.30. The van der Waals surface area contributed by atoms with Gasteiger partial charge in [-0.3, -0.25) is 10.00 Å². The van der Waals surface area contributed by atoms with Crippen molar-refractivity contribution in [3.63, 3.8) is 0 Å². The van der Waals surface area contributed by atoms with E-state index in [1.807, 2.05) is 18.2 Å². The number of H-pyrrole nitrogens is 1. The van der Waals surface area contributed by atoms with Crippen LogP contribution in [0.25, 0.3) is 11.0 Å². The summed E-state index contributed by atoms with van der Waals surface area (Å²) in [5.74, 6) is 1.53. The molecule has 4 rings (SSSR count). The zero-order valence-electron chi connectivity index (χ0n) is 13.7. The van der Waals surface area contributed by atoms with E-state index in [4.69, 9.17) is 5.73 Å². The van der Waals surface area contributed by atoms with Gasteiger partial charge in [0.2, 0.25) is 0 Å². The molecular weight excluding hydrogens is 336 g/mol. The summed E-state index contributed by atoms with van der Waals surface area (Å²) < 4.78 is 0. The summed E-state index contributed by atoms with van der Waals surface area (Å²) in [5.41, 5.74) is 8.10. The predicted octanol–water partition coefficient (Wildman–Crippen LogP) is 1.52. The quantitative estimate of drug-likeness (QED) is 0.595. The van der Waals surface area contributed by atoms with Gasteiger partial charge >= 0.3 is 0 Å². The number of aromatic amines is 1. The Bertz CT molecular complexity index is 855. The van der Waals surface area contributed by atoms with Crippen molar-refractivity contribution in [2.24, 2.45) is 5.92 Å². The molecule has 0 aliphatic carbocycles. The Kier molecular flexibility index (Phi) is 4.56. The van der Waals surface area contributed by atoms with Gasteiger partial charge in [-0.25, -0.2) is 9.97 Å². The van der Waals surface area contributed by atoms with Gasteiger partial charge in [0, 0.05) is 36.2 Å². The Morgan fingerprint density at radius 1 is 1.20 bits per heavy atom. The molecule has 2 atom stereocenters. The van der Waals surface area contributed by atoms with E-state index in [1.165, 1.54) is 11.2 Å². The zero-order chi connectivity index (χ0) is 17.2. The lowest BCUT2D eigenvalue weighted by molar-refractivity contribution is 0.149. The van der Waals surface area contributed by atoms with Gasteiger partial charge in [-0.05, 0) is 12.1 Å². The Morgan fingerprint density at radius 3 is 2.88 bits per heavy atom. The molecule has 7 nitrogen and oxygen atoms in total. The molecule has 25 heavy (non-hydrogen) atoms.